The number of nitrogens with one attached hydrogen (secondary N) is 1. The molecule has 2 heterocycles. The van der Waals surface area contributed by atoms with Crippen molar-refractivity contribution >= 4 is 5.84 Å². The van der Waals surface area contributed by atoms with Crippen LogP contribution in [-0.4, -0.2) is 53.8 Å². The summed E-state index contributed by atoms with van der Waals surface area (Å²) in [4.78, 5) is 8.37. The number of likely N-dealkylation sites (N-methyl/N-ethyl adjacent to an activating group) is 1. The van der Waals surface area contributed by atoms with Crippen LogP contribution in [0.15, 0.2) is 24.5 Å². The molecule has 15 heavy (non-hydrogen) atoms. The molecule has 1 saturated heterocycles. The zero-order chi connectivity index (χ0) is 10.7. The van der Waals surface area contributed by atoms with Gasteiger partial charge >= 0.3 is 0 Å². The maximum Gasteiger partial charge on any atom is 0.128 e. The molecule has 0 unspecified atom stereocenters. The first-order chi connectivity index (χ1) is 7.27. The first kappa shape index (κ1) is 10.1. The molecule has 0 spiro atoms. The molecule has 0 amide bonds. The highest BCUT2D eigenvalue weighted by Gasteiger charge is 2.16. The average molecular weight is 204 g/mol. The fourth-order valence-corrected chi connectivity index (χ4v) is 1.72. The molecule has 0 radical (unpaired) electrons. The van der Waals surface area contributed by atoms with Gasteiger partial charge in [-0.1, -0.05) is 0 Å². The van der Waals surface area contributed by atoms with Gasteiger partial charge in [0.15, 0.2) is 0 Å². The Balaban J connectivity index is 2.03. The molecule has 1 aromatic heterocycles. The summed E-state index contributed by atoms with van der Waals surface area (Å²) in [6.45, 7) is 3.95. The number of hydrogen-bond donors (Lipinski definition) is 1. The van der Waals surface area contributed by atoms with Crippen molar-refractivity contribution in [3.8, 4) is 0 Å². The number of piperazine rings is 1. The molecule has 80 valence electrons. The maximum atomic E-state index is 8.07. The van der Waals surface area contributed by atoms with E-state index in [-0.39, 0.29) is 0 Å². The van der Waals surface area contributed by atoms with Crippen molar-refractivity contribution in [2.75, 3.05) is 33.2 Å². The predicted octanol–water partition coefficient (Wildman–Crippen LogP) is 0.654. The Kier molecular flexibility index (Phi) is 2.97. The topological polar surface area (TPSA) is 43.2 Å². The van der Waals surface area contributed by atoms with Gasteiger partial charge in [0.05, 0.1) is 0 Å². The summed E-state index contributed by atoms with van der Waals surface area (Å²) in [6.07, 6.45) is 3.47. The van der Waals surface area contributed by atoms with Crippen LogP contribution < -0.4 is 0 Å². The van der Waals surface area contributed by atoms with Crippen molar-refractivity contribution in [3.05, 3.63) is 30.1 Å². The first-order valence-corrected chi connectivity index (χ1v) is 5.20. The van der Waals surface area contributed by atoms with Crippen molar-refractivity contribution in [1.82, 2.24) is 14.8 Å². The number of hydrogen-bond acceptors (Lipinski definition) is 3. The molecule has 0 saturated carbocycles. The van der Waals surface area contributed by atoms with Gasteiger partial charge in [-0.15, -0.1) is 0 Å². The molecule has 1 aliphatic heterocycles. The lowest BCUT2D eigenvalue weighted by Gasteiger charge is -2.34. The Labute approximate surface area is 90.0 Å². The van der Waals surface area contributed by atoms with E-state index >= 15 is 0 Å². The van der Waals surface area contributed by atoms with Crippen LogP contribution in [0.5, 0.6) is 0 Å². The first-order valence-electron chi connectivity index (χ1n) is 5.20. The molecule has 1 fully saturated rings. The van der Waals surface area contributed by atoms with Crippen LogP contribution >= 0.6 is 0 Å². The SMILES string of the molecule is CN1CCN(C(=N)c2ccncc2)CC1. The summed E-state index contributed by atoms with van der Waals surface area (Å²) in [7, 11) is 2.12. The standard InChI is InChI=1S/C11H16N4/c1-14-6-8-15(9-7-14)11(12)10-2-4-13-5-3-10/h2-5,12H,6-9H2,1H3. The molecule has 0 aromatic carbocycles. The summed E-state index contributed by atoms with van der Waals surface area (Å²) in [5, 5.41) is 8.07. The van der Waals surface area contributed by atoms with Gasteiger partial charge in [-0.25, -0.2) is 0 Å². The Morgan fingerprint density at radius 2 is 1.80 bits per heavy atom. The second kappa shape index (κ2) is 4.40. The molecular weight excluding hydrogens is 188 g/mol. The van der Waals surface area contributed by atoms with Gasteiger partial charge in [0.25, 0.3) is 0 Å². The van der Waals surface area contributed by atoms with E-state index < -0.39 is 0 Å². The summed E-state index contributed by atoms with van der Waals surface area (Å²) in [5.74, 6) is 0.616. The van der Waals surface area contributed by atoms with Crippen LogP contribution in [0, 0.1) is 5.41 Å². The van der Waals surface area contributed by atoms with E-state index in [0.29, 0.717) is 5.84 Å². The fraction of sp³-hybridized carbons (Fsp3) is 0.455. The van der Waals surface area contributed by atoms with Gasteiger partial charge in [0.2, 0.25) is 0 Å². The van der Waals surface area contributed by atoms with Crippen LogP contribution in [0.2, 0.25) is 0 Å². The third-order valence-corrected chi connectivity index (χ3v) is 2.77. The minimum atomic E-state index is 0.616. The lowest BCUT2D eigenvalue weighted by Crippen LogP contribution is -2.47. The van der Waals surface area contributed by atoms with E-state index in [1.165, 1.54) is 0 Å². The van der Waals surface area contributed by atoms with Crippen LogP contribution in [0.25, 0.3) is 0 Å². The van der Waals surface area contributed by atoms with Crippen molar-refractivity contribution < 1.29 is 0 Å². The second-order valence-electron chi connectivity index (χ2n) is 3.87. The minimum absolute atomic E-state index is 0.616. The Hall–Kier alpha value is -1.42. The lowest BCUT2D eigenvalue weighted by atomic mass is 10.2. The van der Waals surface area contributed by atoms with Gasteiger partial charge in [-0.2, -0.15) is 0 Å². The van der Waals surface area contributed by atoms with Gasteiger partial charge in [-0.3, -0.25) is 10.4 Å². The maximum absolute atomic E-state index is 8.07. The monoisotopic (exact) mass is 204 g/mol. The Bertz CT molecular complexity index is 328. The third kappa shape index (κ3) is 2.33. The molecule has 1 aromatic rings. The zero-order valence-electron chi connectivity index (χ0n) is 8.98. The number of amidine groups is 1. The van der Waals surface area contributed by atoms with E-state index in [1.807, 2.05) is 12.1 Å². The lowest BCUT2D eigenvalue weighted by molar-refractivity contribution is 0.215. The summed E-state index contributed by atoms with van der Waals surface area (Å²) < 4.78 is 0. The highest BCUT2D eigenvalue weighted by Crippen LogP contribution is 2.06. The van der Waals surface area contributed by atoms with E-state index in [9.17, 15) is 0 Å². The Morgan fingerprint density at radius 3 is 2.40 bits per heavy atom. The van der Waals surface area contributed by atoms with Crippen molar-refractivity contribution in [3.63, 3.8) is 0 Å². The Morgan fingerprint density at radius 1 is 1.20 bits per heavy atom. The third-order valence-electron chi connectivity index (χ3n) is 2.77. The molecule has 1 N–H and O–H groups in total. The van der Waals surface area contributed by atoms with Crippen molar-refractivity contribution in [2.45, 2.75) is 0 Å². The van der Waals surface area contributed by atoms with Gasteiger partial charge in [-0.05, 0) is 19.2 Å². The van der Waals surface area contributed by atoms with Crippen LogP contribution in [0.4, 0.5) is 0 Å². The van der Waals surface area contributed by atoms with Gasteiger partial charge in [0, 0.05) is 44.1 Å². The van der Waals surface area contributed by atoms with E-state index in [4.69, 9.17) is 5.41 Å². The molecule has 1 aliphatic rings. The van der Waals surface area contributed by atoms with Crippen LogP contribution in [0.3, 0.4) is 0 Å². The van der Waals surface area contributed by atoms with Crippen molar-refractivity contribution in [2.24, 2.45) is 0 Å². The number of pyridine rings is 1. The molecule has 2 rings (SSSR count). The number of nitrogens with zero attached hydrogens (tertiary/aromatic N) is 3. The van der Waals surface area contributed by atoms with Crippen molar-refractivity contribution in [1.29, 1.82) is 5.41 Å². The largest absolute Gasteiger partial charge is 0.354 e. The molecular formula is C11H16N4. The summed E-state index contributed by atoms with van der Waals surface area (Å²) in [6, 6.07) is 3.78. The van der Waals surface area contributed by atoms with Crippen LogP contribution in [0.1, 0.15) is 5.56 Å². The molecule has 4 nitrogen and oxygen atoms in total. The number of aromatic nitrogens is 1. The predicted molar refractivity (Wildman–Crippen MR) is 60.1 cm³/mol. The summed E-state index contributed by atoms with van der Waals surface area (Å²) in [5.41, 5.74) is 0.953. The van der Waals surface area contributed by atoms with Crippen LogP contribution in [-0.2, 0) is 0 Å². The average Bonchev–Trinajstić information content (AvgIpc) is 2.30. The molecule has 0 bridgehead atoms. The van der Waals surface area contributed by atoms with E-state index in [0.717, 1.165) is 31.7 Å². The second-order valence-corrected chi connectivity index (χ2v) is 3.87. The molecule has 0 aliphatic carbocycles. The zero-order valence-corrected chi connectivity index (χ0v) is 8.98. The fourth-order valence-electron chi connectivity index (χ4n) is 1.72. The van der Waals surface area contributed by atoms with Gasteiger partial charge < -0.3 is 9.80 Å². The van der Waals surface area contributed by atoms with E-state index in [2.05, 4.69) is 21.8 Å². The van der Waals surface area contributed by atoms with E-state index in [1.54, 1.807) is 12.4 Å². The normalized spacial score (nSPS) is 17.8. The number of rotatable bonds is 1. The van der Waals surface area contributed by atoms with Gasteiger partial charge in [0.1, 0.15) is 5.84 Å². The highest BCUT2D eigenvalue weighted by atomic mass is 15.3. The summed E-state index contributed by atoms with van der Waals surface area (Å²) >= 11 is 0. The molecule has 4 heteroatoms. The minimum Gasteiger partial charge on any atom is -0.354 e. The smallest absolute Gasteiger partial charge is 0.128 e. The molecule has 0 atom stereocenters. The quantitative estimate of drug-likeness (QED) is 0.539. The highest BCUT2D eigenvalue weighted by molar-refractivity contribution is 5.96.